The van der Waals surface area contributed by atoms with Crippen LogP contribution in [0.2, 0.25) is 0 Å². The SMILES string of the molecule is CCCC1CC(=O)NC2CC(NC(=O)c3ccc(C)c([N+](=O)[O-])c3)CCC12. The lowest BCUT2D eigenvalue weighted by molar-refractivity contribution is -0.385. The van der Waals surface area contributed by atoms with Gasteiger partial charge in [-0.3, -0.25) is 19.7 Å². The number of carbonyl (C=O) groups is 2. The maximum absolute atomic E-state index is 12.6. The monoisotopic (exact) mass is 373 g/mol. The molecule has 4 unspecified atom stereocenters. The normalized spacial score (nSPS) is 27.4. The second-order valence-electron chi connectivity index (χ2n) is 7.83. The van der Waals surface area contributed by atoms with E-state index >= 15 is 0 Å². The molecule has 1 aromatic carbocycles. The smallest absolute Gasteiger partial charge is 0.273 e. The van der Waals surface area contributed by atoms with Crippen LogP contribution in [0.3, 0.4) is 0 Å². The van der Waals surface area contributed by atoms with E-state index in [1.54, 1.807) is 19.1 Å². The molecule has 0 bridgehead atoms. The Labute approximate surface area is 159 Å². The van der Waals surface area contributed by atoms with Crippen LogP contribution >= 0.6 is 0 Å². The molecule has 1 aliphatic carbocycles. The molecule has 2 fully saturated rings. The number of nitrogens with zero attached hydrogens (tertiary/aromatic N) is 1. The van der Waals surface area contributed by atoms with Crippen LogP contribution in [0, 0.1) is 28.9 Å². The highest BCUT2D eigenvalue weighted by molar-refractivity contribution is 5.95. The average Bonchev–Trinajstić information content (AvgIpc) is 2.61. The Morgan fingerprint density at radius 2 is 2.15 bits per heavy atom. The number of aryl methyl sites for hydroxylation is 1. The summed E-state index contributed by atoms with van der Waals surface area (Å²) < 4.78 is 0. The van der Waals surface area contributed by atoms with Crippen molar-refractivity contribution < 1.29 is 14.5 Å². The minimum atomic E-state index is -0.469. The van der Waals surface area contributed by atoms with Gasteiger partial charge >= 0.3 is 0 Å². The molecule has 2 aliphatic rings. The van der Waals surface area contributed by atoms with Crippen molar-refractivity contribution in [3.8, 4) is 0 Å². The Morgan fingerprint density at radius 3 is 2.85 bits per heavy atom. The fourth-order valence-electron chi connectivity index (χ4n) is 4.61. The number of nitro groups is 1. The summed E-state index contributed by atoms with van der Waals surface area (Å²) in [6.45, 7) is 3.80. The van der Waals surface area contributed by atoms with E-state index in [1.165, 1.54) is 6.07 Å². The topological polar surface area (TPSA) is 101 Å². The average molecular weight is 373 g/mol. The summed E-state index contributed by atoms with van der Waals surface area (Å²) in [4.78, 5) is 35.2. The second-order valence-corrected chi connectivity index (χ2v) is 7.83. The standard InChI is InChI=1S/C20H27N3O4/c1-3-4-13-10-19(24)22-17-11-15(7-8-16(13)17)21-20(25)14-6-5-12(2)18(9-14)23(26)27/h5-6,9,13,15-17H,3-4,7-8,10-11H2,1-2H3,(H,21,25)(H,22,24). The zero-order chi connectivity index (χ0) is 19.6. The minimum absolute atomic E-state index is 0.0280. The van der Waals surface area contributed by atoms with Crippen LogP contribution in [-0.2, 0) is 4.79 Å². The van der Waals surface area contributed by atoms with Crippen LogP contribution in [0.4, 0.5) is 5.69 Å². The van der Waals surface area contributed by atoms with Crippen LogP contribution in [0.25, 0.3) is 0 Å². The van der Waals surface area contributed by atoms with Gasteiger partial charge in [-0.25, -0.2) is 0 Å². The molecule has 0 radical (unpaired) electrons. The maximum atomic E-state index is 12.6. The van der Waals surface area contributed by atoms with Gasteiger partial charge in [0, 0.05) is 35.7 Å². The third-order valence-corrected chi connectivity index (χ3v) is 5.97. The van der Waals surface area contributed by atoms with E-state index in [1.807, 2.05) is 0 Å². The molecule has 4 atom stereocenters. The third-order valence-electron chi connectivity index (χ3n) is 5.97. The summed E-state index contributed by atoms with van der Waals surface area (Å²) in [5.41, 5.74) is 0.781. The first-order valence-corrected chi connectivity index (χ1v) is 9.74. The molecule has 1 saturated carbocycles. The van der Waals surface area contributed by atoms with E-state index in [4.69, 9.17) is 0 Å². The van der Waals surface area contributed by atoms with E-state index in [9.17, 15) is 19.7 Å². The first kappa shape index (κ1) is 19.3. The first-order valence-electron chi connectivity index (χ1n) is 9.74. The predicted octanol–water partition coefficient (Wildman–Crippen LogP) is 3.11. The van der Waals surface area contributed by atoms with Crippen LogP contribution in [0.5, 0.6) is 0 Å². The Kier molecular flexibility index (Phi) is 5.77. The van der Waals surface area contributed by atoms with Gasteiger partial charge in [-0.1, -0.05) is 19.4 Å². The van der Waals surface area contributed by atoms with Crippen molar-refractivity contribution >= 4 is 17.5 Å². The Morgan fingerprint density at radius 1 is 1.37 bits per heavy atom. The van der Waals surface area contributed by atoms with E-state index in [0.717, 1.165) is 32.1 Å². The van der Waals surface area contributed by atoms with Crippen molar-refractivity contribution in [2.75, 3.05) is 0 Å². The Hall–Kier alpha value is -2.44. The summed E-state index contributed by atoms with van der Waals surface area (Å²) in [6.07, 6.45) is 5.33. The first-order chi connectivity index (χ1) is 12.9. The number of hydrogen-bond acceptors (Lipinski definition) is 4. The summed E-state index contributed by atoms with van der Waals surface area (Å²) in [6, 6.07) is 4.62. The Balaban J connectivity index is 1.65. The molecule has 0 spiro atoms. The number of amides is 2. The summed E-state index contributed by atoms with van der Waals surface area (Å²) >= 11 is 0. The third kappa shape index (κ3) is 4.28. The van der Waals surface area contributed by atoms with Gasteiger partial charge in [-0.2, -0.15) is 0 Å². The number of carbonyl (C=O) groups excluding carboxylic acids is 2. The highest BCUT2D eigenvalue weighted by Gasteiger charge is 2.40. The quantitative estimate of drug-likeness (QED) is 0.611. The fourth-order valence-corrected chi connectivity index (χ4v) is 4.61. The molecular weight excluding hydrogens is 346 g/mol. The summed E-state index contributed by atoms with van der Waals surface area (Å²) in [5.74, 6) is 0.728. The van der Waals surface area contributed by atoms with Gasteiger partial charge in [0.15, 0.2) is 0 Å². The van der Waals surface area contributed by atoms with Crippen molar-refractivity contribution in [2.45, 2.75) is 64.5 Å². The van der Waals surface area contributed by atoms with Crippen LogP contribution in [-0.4, -0.2) is 28.8 Å². The molecule has 27 heavy (non-hydrogen) atoms. The second kappa shape index (κ2) is 8.06. The zero-order valence-electron chi connectivity index (χ0n) is 15.9. The number of benzene rings is 1. The van der Waals surface area contributed by atoms with Gasteiger partial charge < -0.3 is 10.6 Å². The van der Waals surface area contributed by atoms with Gasteiger partial charge in [-0.05, 0) is 50.5 Å². The van der Waals surface area contributed by atoms with Gasteiger partial charge in [0.1, 0.15) is 0 Å². The minimum Gasteiger partial charge on any atom is -0.353 e. The number of piperidine rings is 1. The molecule has 1 aromatic rings. The lowest BCUT2D eigenvalue weighted by Gasteiger charge is -2.44. The van der Waals surface area contributed by atoms with Gasteiger partial charge in [0.2, 0.25) is 5.91 Å². The molecule has 3 rings (SSSR count). The van der Waals surface area contributed by atoms with Crippen LogP contribution in [0.15, 0.2) is 18.2 Å². The predicted molar refractivity (Wildman–Crippen MR) is 101 cm³/mol. The number of hydrogen-bond donors (Lipinski definition) is 2. The van der Waals surface area contributed by atoms with Crippen LogP contribution in [0.1, 0.15) is 61.4 Å². The van der Waals surface area contributed by atoms with Gasteiger partial charge in [-0.15, -0.1) is 0 Å². The van der Waals surface area contributed by atoms with Crippen molar-refractivity contribution in [1.82, 2.24) is 10.6 Å². The molecule has 1 aliphatic heterocycles. The Bertz CT molecular complexity index is 749. The van der Waals surface area contributed by atoms with E-state index in [2.05, 4.69) is 17.6 Å². The highest BCUT2D eigenvalue weighted by atomic mass is 16.6. The maximum Gasteiger partial charge on any atom is 0.273 e. The van der Waals surface area contributed by atoms with Gasteiger partial charge in [0.25, 0.3) is 11.6 Å². The van der Waals surface area contributed by atoms with Crippen LogP contribution < -0.4 is 10.6 Å². The summed E-state index contributed by atoms with van der Waals surface area (Å²) in [7, 11) is 0. The number of nitro benzene ring substituents is 1. The van der Waals surface area contributed by atoms with E-state index in [-0.39, 0.29) is 29.6 Å². The molecule has 2 N–H and O–H groups in total. The largest absolute Gasteiger partial charge is 0.353 e. The highest BCUT2D eigenvalue weighted by Crippen LogP contribution is 2.37. The molecule has 2 amide bonds. The zero-order valence-corrected chi connectivity index (χ0v) is 15.9. The van der Waals surface area contributed by atoms with Crippen molar-refractivity contribution in [2.24, 2.45) is 11.8 Å². The van der Waals surface area contributed by atoms with Crippen molar-refractivity contribution in [1.29, 1.82) is 0 Å². The molecule has 1 saturated heterocycles. The molecular formula is C20H27N3O4. The molecule has 1 heterocycles. The molecule has 7 heteroatoms. The van der Waals surface area contributed by atoms with E-state index < -0.39 is 4.92 Å². The van der Waals surface area contributed by atoms with Crippen molar-refractivity contribution in [3.05, 3.63) is 39.4 Å². The number of fused-ring (bicyclic) bond motifs is 1. The summed E-state index contributed by atoms with van der Waals surface area (Å²) in [5, 5.41) is 17.2. The van der Waals surface area contributed by atoms with Crippen molar-refractivity contribution in [3.63, 3.8) is 0 Å². The number of nitrogens with one attached hydrogen (secondary N) is 2. The number of rotatable bonds is 5. The van der Waals surface area contributed by atoms with Gasteiger partial charge in [0.05, 0.1) is 4.92 Å². The lowest BCUT2D eigenvalue weighted by Crippen LogP contribution is -2.55. The molecule has 146 valence electrons. The van der Waals surface area contributed by atoms with E-state index in [0.29, 0.717) is 29.4 Å². The molecule has 7 nitrogen and oxygen atoms in total. The lowest BCUT2D eigenvalue weighted by atomic mass is 9.70. The molecule has 0 aromatic heterocycles. The fraction of sp³-hybridized carbons (Fsp3) is 0.600.